The molecule has 0 aliphatic carbocycles. The molecule has 11 heteroatoms. The minimum atomic E-state index is -3.99. The Morgan fingerprint density at radius 2 is 1.61 bits per heavy atom. The van der Waals surface area contributed by atoms with Gasteiger partial charge in [-0.2, -0.15) is 4.31 Å². The predicted molar refractivity (Wildman–Crippen MR) is 142 cm³/mol. The van der Waals surface area contributed by atoms with Crippen LogP contribution in [0.5, 0.6) is 5.75 Å². The summed E-state index contributed by atoms with van der Waals surface area (Å²) in [5.41, 5.74) is 1.47. The highest BCUT2D eigenvalue weighted by Gasteiger charge is 2.34. The molecule has 0 unspecified atom stereocenters. The third-order valence-corrected chi connectivity index (χ3v) is 7.77. The first kappa shape index (κ1) is 29.0. The Morgan fingerprint density at radius 1 is 0.974 bits per heavy atom. The van der Waals surface area contributed by atoms with Gasteiger partial charge in [0.25, 0.3) is 0 Å². The third-order valence-electron chi connectivity index (χ3n) is 5.93. The number of sulfonamides is 1. The monoisotopic (exact) mass is 542 g/mol. The van der Waals surface area contributed by atoms with Crippen LogP contribution < -0.4 is 0 Å². The molecule has 0 aliphatic heterocycles. The van der Waals surface area contributed by atoms with Gasteiger partial charge < -0.3 is 19.8 Å². The van der Waals surface area contributed by atoms with E-state index in [1.807, 2.05) is 44.2 Å². The van der Waals surface area contributed by atoms with E-state index in [2.05, 4.69) is 9.97 Å². The van der Waals surface area contributed by atoms with Crippen molar-refractivity contribution in [3.05, 3.63) is 84.4 Å². The molecule has 38 heavy (non-hydrogen) atoms. The van der Waals surface area contributed by atoms with Crippen LogP contribution in [0.1, 0.15) is 25.0 Å². The van der Waals surface area contributed by atoms with Crippen LogP contribution in [0.15, 0.2) is 78.2 Å². The predicted octanol–water partition coefficient (Wildman–Crippen LogP) is 3.07. The number of phenolic OH excluding ortho intramolecular Hbond substituents is 1. The number of phenols is 1. The van der Waals surface area contributed by atoms with E-state index in [1.54, 1.807) is 0 Å². The molecule has 10 nitrogen and oxygen atoms in total. The van der Waals surface area contributed by atoms with Crippen LogP contribution in [-0.2, 0) is 27.8 Å². The summed E-state index contributed by atoms with van der Waals surface area (Å²) in [5, 5.41) is 21.0. The molecule has 2 aromatic carbocycles. The average Bonchev–Trinajstić information content (AvgIpc) is 2.90. The van der Waals surface area contributed by atoms with Gasteiger partial charge in [0.1, 0.15) is 18.7 Å². The lowest BCUT2D eigenvalue weighted by Gasteiger charge is -2.34. The van der Waals surface area contributed by atoms with Gasteiger partial charge in [-0.05, 0) is 42.2 Å². The van der Waals surface area contributed by atoms with Gasteiger partial charge in [0.2, 0.25) is 10.0 Å². The number of hydrogen-bond donors (Lipinski definition) is 2. The van der Waals surface area contributed by atoms with Crippen molar-refractivity contribution in [1.29, 1.82) is 0 Å². The summed E-state index contributed by atoms with van der Waals surface area (Å²) in [6.07, 6.45) is 2.81. The van der Waals surface area contributed by atoms with E-state index in [1.165, 1.54) is 59.2 Å². The number of likely N-dealkylation sites (N-methyl/N-ethyl adjacent to an activating group) is 1. The summed E-state index contributed by atoms with van der Waals surface area (Å²) in [5.74, 6) is -0.0815. The van der Waals surface area contributed by atoms with E-state index in [0.717, 1.165) is 5.56 Å². The van der Waals surface area contributed by atoms with E-state index >= 15 is 0 Å². The molecule has 2 atom stereocenters. The molecule has 0 bridgehead atoms. The number of aliphatic hydroxyl groups excluding tert-OH is 1. The lowest BCUT2D eigenvalue weighted by molar-refractivity contribution is 0.0331. The molecule has 1 amide bonds. The number of amides is 1. The molecule has 204 valence electrons. The van der Waals surface area contributed by atoms with Gasteiger partial charge in [-0.1, -0.05) is 44.2 Å². The second kappa shape index (κ2) is 13.3. The highest BCUT2D eigenvalue weighted by atomic mass is 32.2. The van der Waals surface area contributed by atoms with Crippen molar-refractivity contribution in [2.24, 2.45) is 5.92 Å². The molecule has 0 aliphatic rings. The second-order valence-corrected chi connectivity index (χ2v) is 11.4. The van der Waals surface area contributed by atoms with Gasteiger partial charge in [0.05, 0.1) is 17.0 Å². The fourth-order valence-electron chi connectivity index (χ4n) is 3.95. The Hall–Kier alpha value is -3.54. The number of carbonyl (C=O) groups excluding carboxylic acids is 1. The molecular formula is C27H34N4O6S. The van der Waals surface area contributed by atoms with E-state index in [9.17, 15) is 23.4 Å². The maximum Gasteiger partial charge on any atom is 0.410 e. The van der Waals surface area contributed by atoms with Gasteiger partial charge in [-0.3, -0.25) is 0 Å². The van der Waals surface area contributed by atoms with E-state index in [4.69, 9.17) is 4.74 Å². The summed E-state index contributed by atoms with van der Waals surface area (Å²) in [4.78, 5) is 22.1. The quantitative estimate of drug-likeness (QED) is 0.357. The van der Waals surface area contributed by atoms with Crippen molar-refractivity contribution in [3.63, 3.8) is 0 Å². The van der Waals surface area contributed by atoms with Gasteiger partial charge in [-0.15, -0.1) is 0 Å². The molecule has 0 saturated heterocycles. The van der Waals surface area contributed by atoms with Crippen molar-refractivity contribution in [1.82, 2.24) is 19.2 Å². The van der Waals surface area contributed by atoms with E-state index in [0.29, 0.717) is 5.56 Å². The SMILES string of the molecule is CC(C)CN(C[C@@H](O)[C@H](Cc1ccccc1)N(C)C(=O)OCc1cncnc1)S(=O)(=O)c1ccc(O)cc1. The molecule has 3 aromatic rings. The average molecular weight is 543 g/mol. The van der Waals surface area contributed by atoms with Gasteiger partial charge in [0.15, 0.2) is 0 Å². The van der Waals surface area contributed by atoms with Crippen LogP contribution in [0.2, 0.25) is 0 Å². The van der Waals surface area contributed by atoms with Crippen LogP contribution in [0.25, 0.3) is 0 Å². The summed E-state index contributed by atoms with van der Waals surface area (Å²) in [7, 11) is -2.48. The first-order chi connectivity index (χ1) is 18.1. The zero-order valence-corrected chi connectivity index (χ0v) is 22.5. The summed E-state index contributed by atoms with van der Waals surface area (Å²) < 4.78 is 33.6. The van der Waals surface area contributed by atoms with Crippen molar-refractivity contribution < 1.29 is 28.2 Å². The van der Waals surface area contributed by atoms with E-state index < -0.39 is 28.3 Å². The number of aromatic nitrogens is 2. The Bertz CT molecular complexity index is 1260. The molecule has 0 fully saturated rings. The van der Waals surface area contributed by atoms with Crippen molar-refractivity contribution >= 4 is 16.1 Å². The normalized spacial score (nSPS) is 13.3. The minimum Gasteiger partial charge on any atom is -0.508 e. The van der Waals surface area contributed by atoms with Crippen molar-refractivity contribution in [3.8, 4) is 5.75 Å². The molecule has 1 heterocycles. The number of benzene rings is 2. The third kappa shape index (κ3) is 7.98. The number of hydrogen-bond acceptors (Lipinski definition) is 8. The fraction of sp³-hybridized carbons (Fsp3) is 0.370. The number of nitrogens with zero attached hydrogens (tertiary/aromatic N) is 4. The first-order valence-corrected chi connectivity index (χ1v) is 13.7. The van der Waals surface area contributed by atoms with Gasteiger partial charge >= 0.3 is 6.09 Å². The standard InChI is InChI=1S/C27H34N4O6S/c1-20(2)16-31(38(35,36)24-11-9-23(32)10-12-24)17-26(33)25(13-21-7-5-4-6-8-21)30(3)27(34)37-18-22-14-28-19-29-15-22/h4-12,14-15,19-20,25-26,32-33H,13,16-18H2,1-3H3/t25-,26+/m0/s1. The van der Waals surface area contributed by atoms with Crippen molar-refractivity contribution in [2.45, 2.75) is 43.9 Å². The molecule has 3 rings (SSSR count). The highest BCUT2D eigenvalue weighted by Crippen LogP contribution is 2.22. The zero-order chi connectivity index (χ0) is 27.7. The van der Waals surface area contributed by atoms with Gasteiger partial charge in [0, 0.05) is 38.1 Å². The lowest BCUT2D eigenvalue weighted by atomic mass is 10.00. The Labute approximate surface area is 223 Å². The summed E-state index contributed by atoms with van der Waals surface area (Å²) in [6, 6.07) is 13.8. The smallest absolute Gasteiger partial charge is 0.410 e. The van der Waals surface area contributed by atoms with Crippen LogP contribution in [-0.4, -0.2) is 76.2 Å². The molecule has 1 aromatic heterocycles. The van der Waals surface area contributed by atoms with E-state index in [-0.39, 0.29) is 42.7 Å². The Morgan fingerprint density at radius 3 is 2.21 bits per heavy atom. The maximum atomic E-state index is 13.5. The molecular weight excluding hydrogens is 508 g/mol. The Kier molecular flexibility index (Phi) is 10.2. The molecule has 0 radical (unpaired) electrons. The second-order valence-electron chi connectivity index (χ2n) is 9.45. The number of carbonyl (C=O) groups is 1. The number of ether oxygens (including phenoxy) is 1. The topological polar surface area (TPSA) is 133 Å². The molecule has 0 saturated carbocycles. The van der Waals surface area contributed by atoms with Crippen LogP contribution in [0.3, 0.4) is 0 Å². The summed E-state index contributed by atoms with van der Waals surface area (Å²) >= 11 is 0. The van der Waals surface area contributed by atoms with Crippen LogP contribution >= 0.6 is 0 Å². The largest absolute Gasteiger partial charge is 0.508 e. The van der Waals surface area contributed by atoms with Crippen molar-refractivity contribution in [2.75, 3.05) is 20.1 Å². The van der Waals surface area contributed by atoms with Gasteiger partial charge in [-0.25, -0.2) is 23.2 Å². The number of rotatable bonds is 12. The van der Waals surface area contributed by atoms with Crippen LogP contribution in [0, 0.1) is 5.92 Å². The fourth-order valence-corrected chi connectivity index (χ4v) is 5.57. The van der Waals surface area contributed by atoms with Crippen LogP contribution in [0.4, 0.5) is 4.79 Å². The first-order valence-electron chi connectivity index (χ1n) is 12.2. The molecule has 0 spiro atoms. The zero-order valence-electron chi connectivity index (χ0n) is 21.7. The lowest BCUT2D eigenvalue weighted by Crippen LogP contribution is -2.51. The number of aromatic hydroxyl groups is 1. The number of aliphatic hydroxyl groups is 1. The maximum absolute atomic E-state index is 13.5. The molecule has 2 N–H and O–H groups in total. The minimum absolute atomic E-state index is 0.000559. The highest BCUT2D eigenvalue weighted by molar-refractivity contribution is 7.89. The Balaban J connectivity index is 1.84. The summed E-state index contributed by atoms with van der Waals surface area (Å²) in [6.45, 7) is 3.62.